The lowest BCUT2D eigenvalue weighted by Gasteiger charge is -2.22. The number of benzene rings is 2. The number of non-ortho nitro benzene ring substituents is 1. The molecule has 3 atom stereocenters. The monoisotopic (exact) mass is 433 g/mol. The Morgan fingerprint density at radius 1 is 1.17 bits per heavy atom. The maximum Gasteiger partial charge on any atom is 0.382 e. The van der Waals surface area contributed by atoms with Gasteiger partial charge >= 0.3 is 14.5 Å². The van der Waals surface area contributed by atoms with Crippen LogP contribution in [-0.2, 0) is 14.3 Å². The summed E-state index contributed by atoms with van der Waals surface area (Å²) in [7, 11) is -1.86. The van der Waals surface area contributed by atoms with Crippen molar-refractivity contribution >= 4 is 26.1 Å². The number of nitro groups is 1. The van der Waals surface area contributed by atoms with E-state index in [1.807, 2.05) is 6.07 Å². The average molecular weight is 433 g/mol. The summed E-state index contributed by atoms with van der Waals surface area (Å²) in [4.78, 5) is 34.3. The number of nitrogens with one attached hydrogen (secondary N) is 2. The van der Waals surface area contributed by atoms with Gasteiger partial charge in [0.25, 0.3) is 11.6 Å². The standard InChI is InChI=1S/C19H20N3O7P/c1-13(19(24)27-17-11-12-20-18(17)23)21-30(28-15-5-3-2-4-6-15)29-16-9-7-14(8-10-16)22(25)26/h2-10,13,17,21H,11-12H2,1H3,(H,20,23). The molecular formula is C19H20N3O7P. The Kier molecular flexibility index (Phi) is 7.16. The van der Waals surface area contributed by atoms with Crippen molar-refractivity contribution in [3.63, 3.8) is 0 Å². The lowest BCUT2D eigenvalue weighted by molar-refractivity contribution is -0.384. The third-order valence-electron chi connectivity index (χ3n) is 4.08. The van der Waals surface area contributed by atoms with Crippen LogP contribution in [0.2, 0.25) is 0 Å². The largest absolute Gasteiger partial charge is 0.451 e. The molecule has 1 aliphatic heterocycles. The van der Waals surface area contributed by atoms with Crippen LogP contribution in [0, 0.1) is 10.1 Å². The van der Waals surface area contributed by atoms with Crippen molar-refractivity contribution in [2.75, 3.05) is 6.54 Å². The van der Waals surface area contributed by atoms with Crippen LogP contribution < -0.4 is 19.5 Å². The van der Waals surface area contributed by atoms with E-state index in [1.165, 1.54) is 24.3 Å². The molecule has 30 heavy (non-hydrogen) atoms. The molecule has 0 radical (unpaired) electrons. The number of ether oxygens (including phenoxy) is 1. The first-order chi connectivity index (χ1) is 14.4. The first-order valence-electron chi connectivity index (χ1n) is 9.12. The van der Waals surface area contributed by atoms with Gasteiger partial charge in [0.15, 0.2) is 6.10 Å². The topological polar surface area (TPSA) is 129 Å². The molecule has 158 valence electrons. The highest BCUT2D eigenvalue weighted by Crippen LogP contribution is 2.38. The molecule has 0 aromatic heterocycles. The van der Waals surface area contributed by atoms with Gasteiger partial charge in [-0.3, -0.25) is 19.7 Å². The van der Waals surface area contributed by atoms with Crippen molar-refractivity contribution in [3.8, 4) is 11.5 Å². The number of amides is 1. The Morgan fingerprint density at radius 2 is 1.80 bits per heavy atom. The Morgan fingerprint density at radius 3 is 2.37 bits per heavy atom. The van der Waals surface area contributed by atoms with E-state index in [2.05, 4.69) is 10.4 Å². The quantitative estimate of drug-likeness (QED) is 0.267. The molecule has 0 aliphatic carbocycles. The van der Waals surface area contributed by atoms with Crippen LogP contribution in [0.25, 0.3) is 0 Å². The van der Waals surface area contributed by atoms with Crippen LogP contribution in [-0.4, -0.2) is 35.5 Å². The second kappa shape index (κ2) is 10.00. The number of carbonyl (C=O) groups excluding carboxylic acids is 2. The summed E-state index contributed by atoms with van der Waals surface area (Å²) >= 11 is 0. The van der Waals surface area contributed by atoms with Crippen molar-refractivity contribution in [2.45, 2.75) is 25.5 Å². The van der Waals surface area contributed by atoms with Crippen LogP contribution in [0.1, 0.15) is 13.3 Å². The second-order valence-corrected chi connectivity index (χ2v) is 7.50. The molecule has 1 aliphatic rings. The fraction of sp³-hybridized carbons (Fsp3) is 0.263. The van der Waals surface area contributed by atoms with Crippen molar-refractivity contribution < 1.29 is 28.3 Å². The second-order valence-electron chi connectivity index (χ2n) is 6.36. The van der Waals surface area contributed by atoms with Gasteiger partial charge in [0.1, 0.15) is 17.5 Å². The van der Waals surface area contributed by atoms with Crippen molar-refractivity contribution in [2.24, 2.45) is 0 Å². The van der Waals surface area contributed by atoms with Gasteiger partial charge in [-0.05, 0) is 31.2 Å². The average Bonchev–Trinajstić information content (AvgIpc) is 3.13. The third-order valence-corrected chi connectivity index (χ3v) is 5.43. The summed E-state index contributed by atoms with van der Waals surface area (Å²) < 4.78 is 16.8. The van der Waals surface area contributed by atoms with Gasteiger partial charge in [0.05, 0.1) is 4.92 Å². The lowest BCUT2D eigenvalue weighted by atomic mass is 10.3. The summed E-state index contributed by atoms with van der Waals surface area (Å²) in [6, 6.07) is 13.5. The predicted octanol–water partition coefficient (Wildman–Crippen LogP) is 2.69. The molecule has 3 unspecified atom stereocenters. The van der Waals surface area contributed by atoms with Crippen molar-refractivity contribution in [3.05, 3.63) is 64.7 Å². The number of hydrogen-bond acceptors (Lipinski definition) is 8. The van der Waals surface area contributed by atoms with Gasteiger partial charge in [-0.25, -0.2) is 5.09 Å². The molecule has 0 spiro atoms. The van der Waals surface area contributed by atoms with E-state index in [9.17, 15) is 19.7 Å². The SMILES string of the molecule is CC(NP(Oc1ccccc1)Oc1ccc([N+](=O)[O-])cc1)C(=O)OC1CCNC1=O. The maximum atomic E-state index is 12.4. The minimum atomic E-state index is -1.86. The molecule has 1 heterocycles. The summed E-state index contributed by atoms with van der Waals surface area (Å²) in [5.41, 5.74) is -0.0737. The third kappa shape index (κ3) is 5.88. The number of carbonyl (C=O) groups is 2. The number of nitro benzene ring substituents is 1. The molecule has 0 saturated carbocycles. The summed E-state index contributed by atoms with van der Waals surface area (Å²) in [5.74, 6) is -0.103. The molecule has 2 aromatic carbocycles. The number of hydrogen-bond donors (Lipinski definition) is 2. The van der Waals surface area contributed by atoms with Gasteiger partial charge in [-0.15, -0.1) is 0 Å². The summed E-state index contributed by atoms with van der Waals surface area (Å²) in [6.45, 7) is 2.03. The van der Waals surface area contributed by atoms with Crippen LogP contribution >= 0.6 is 8.53 Å². The number of esters is 1. The fourth-order valence-electron chi connectivity index (χ4n) is 2.51. The maximum absolute atomic E-state index is 12.4. The molecular weight excluding hydrogens is 413 g/mol. The van der Waals surface area contributed by atoms with Crippen molar-refractivity contribution in [1.82, 2.24) is 10.4 Å². The number of para-hydroxylation sites is 1. The molecule has 1 amide bonds. The van der Waals surface area contributed by atoms with Gasteiger partial charge in [0.2, 0.25) is 0 Å². The molecule has 0 bridgehead atoms. The van der Waals surface area contributed by atoms with E-state index >= 15 is 0 Å². The van der Waals surface area contributed by atoms with E-state index in [0.29, 0.717) is 24.5 Å². The zero-order valence-electron chi connectivity index (χ0n) is 16.0. The van der Waals surface area contributed by atoms with Crippen LogP contribution in [0.5, 0.6) is 11.5 Å². The van der Waals surface area contributed by atoms with E-state index in [-0.39, 0.29) is 11.6 Å². The van der Waals surface area contributed by atoms with E-state index < -0.39 is 31.6 Å². The Hall–Kier alpha value is -3.23. The van der Waals surface area contributed by atoms with E-state index in [0.717, 1.165) is 0 Å². The zero-order valence-corrected chi connectivity index (χ0v) is 16.9. The Bertz CT molecular complexity index is 895. The minimum Gasteiger partial charge on any atom is -0.451 e. The van der Waals surface area contributed by atoms with Gasteiger partial charge < -0.3 is 19.1 Å². The van der Waals surface area contributed by atoms with Gasteiger partial charge in [-0.1, -0.05) is 18.2 Å². The molecule has 1 saturated heterocycles. The minimum absolute atomic E-state index is 0.0737. The highest BCUT2D eigenvalue weighted by Gasteiger charge is 2.31. The highest BCUT2D eigenvalue weighted by molar-refractivity contribution is 7.45. The van der Waals surface area contributed by atoms with Crippen LogP contribution in [0.15, 0.2) is 54.6 Å². The highest BCUT2D eigenvalue weighted by atomic mass is 31.2. The van der Waals surface area contributed by atoms with Crippen LogP contribution in [0.3, 0.4) is 0 Å². The van der Waals surface area contributed by atoms with Crippen LogP contribution in [0.4, 0.5) is 5.69 Å². The smallest absolute Gasteiger partial charge is 0.382 e. The molecule has 2 aromatic rings. The predicted molar refractivity (Wildman–Crippen MR) is 108 cm³/mol. The zero-order chi connectivity index (χ0) is 21.5. The number of rotatable bonds is 9. The molecule has 10 nitrogen and oxygen atoms in total. The molecule has 11 heteroatoms. The normalized spacial score (nSPS) is 17.5. The van der Waals surface area contributed by atoms with Gasteiger partial charge in [-0.2, -0.15) is 0 Å². The van der Waals surface area contributed by atoms with E-state index in [1.54, 1.807) is 31.2 Å². The summed E-state index contributed by atoms with van der Waals surface area (Å²) in [6.07, 6.45) is -0.384. The van der Waals surface area contributed by atoms with Gasteiger partial charge in [0, 0.05) is 25.1 Å². The number of nitrogens with zero attached hydrogens (tertiary/aromatic N) is 1. The fourth-order valence-corrected chi connectivity index (χ4v) is 3.70. The van der Waals surface area contributed by atoms with E-state index in [4.69, 9.17) is 13.8 Å². The Balaban J connectivity index is 1.67. The molecule has 3 rings (SSSR count). The Labute approximate surface area is 173 Å². The summed E-state index contributed by atoms with van der Waals surface area (Å²) in [5, 5.41) is 16.3. The van der Waals surface area contributed by atoms with Crippen molar-refractivity contribution in [1.29, 1.82) is 0 Å². The lowest BCUT2D eigenvalue weighted by Crippen LogP contribution is -2.38. The molecule has 2 N–H and O–H groups in total. The first kappa shape index (κ1) is 21.5. The molecule has 1 fully saturated rings. The first-order valence-corrected chi connectivity index (χ1v) is 10.3.